The highest BCUT2D eigenvalue weighted by atomic mass is 127. The van der Waals surface area contributed by atoms with Gasteiger partial charge in [-0.2, -0.15) is 16.9 Å². The Kier molecular flexibility index (Phi) is 10.3. The summed E-state index contributed by atoms with van der Waals surface area (Å²) in [4.78, 5) is 4.85. The number of hydrogen-bond donors (Lipinski definition) is 2. The van der Waals surface area contributed by atoms with Crippen LogP contribution in [0.25, 0.3) is 0 Å². The number of nitrogens with zero attached hydrogens (tertiary/aromatic N) is 3. The van der Waals surface area contributed by atoms with E-state index in [1.165, 1.54) is 11.1 Å². The Bertz CT molecular complexity index is 747. The summed E-state index contributed by atoms with van der Waals surface area (Å²) in [6.07, 6.45) is 8.15. The molecule has 0 spiro atoms. The molecule has 6 nitrogen and oxygen atoms in total. The lowest BCUT2D eigenvalue weighted by atomic mass is 9.99. The molecule has 160 valence electrons. The Morgan fingerprint density at radius 2 is 1.97 bits per heavy atom. The van der Waals surface area contributed by atoms with Gasteiger partial charge in [0.15, 0.2) is 5.96 Å². The van der Waals surface area contributed by atoms with E-state index in [1.807, 2.05) is 34.9 Å². The van der Waals surface area contributed by atoms with Crippen LogP contribution in [0, 0.1) is 0 Å². The zero-order chi connectivity index (χ0) is 19.7. The fourth-order valence-electron chi connectivity index (χ4n) is 3.38. The van der Waals surface area contributed by atoms with E-state index in [0.717, 1.165) is 51.6 Å². The highest BCUT2D eigenvalue weighted by Gasteiger charge is 2.31. The second-order valence-electron chi connectivity index (χ2n) is 7.02. The summed E-state index contributed by atoms with van der Waals surface area (Å²) in [5, 5.41) is 11.3. The lowest BCUT2D eigenvalue weighted by Gasteiger charge is -2.36. The summed E-state index contributed by atoms with van der Waals surface area (Å²) in [5.74, 6) is 0.872. The number of benzene rings is 1. The molecule has 0 bridgehead atoms. The predicted molar refractivity (Wildman–Crippen MR) is 132 cm³/mol. The number of halogens is 1. The minimum absolute atomic E-state index is 0. The Balaban J connectivity index is 0.00000300. The van der Waals surface area contributed by atoms with E-state index in [0.29, 0.717) is 6.54 Å². The Hall–Kier alpha value is -1.26. The van der Waals surface area contributed by atoms with Gasteiger partial charge in [0, 0.05) is 43.4 Å². The molecule has 1 aliphatic rings. The van der Waals surface area contributed by atoms with Gasteiger partial charge in [-0.25, -0.2) is 4.99 Å². The molecule has 1 aliphatic heterocycles. The maximum Gasteiger partial charge on any atom is 0.191 e. The molecule has 2 heterocycles. The molecule has 29 heavy (non-hydrogen) atoms. The molecule has 1 fully saturated rings. The van der Waals surface area contributed by atoms with Crippen LogP contribution < -0.4 is 10.6 Å². The van der Waals surface area contributed by atoms with E-state index in [4.69, 9.17) is 9.73 Å². The Morgan fingerprint density at radius 3 is 2.62 bits per heavy atom. The summed E-state index contributed by atoms with van der Waals surface area (Å²) in [7, 11) is 0. The topological polar surface area (TPSA) is 63.5 Å². The van der Waals surface area contributed by atoms with Gasteiger partial charge >= 0.3 is 0 Å². The van der Waals surface area contributed by atoms with Crippen LogP contribution in [0.2, 0.25) is 0 Å². The number of nitrogens with one attached hydrogen (secondary N) is 2. The van der Waals surface area contributed by atoms with Crippen molar-refractivity contribution in [2.24, 2.45) is 4.99 Å². The maximum absolute atomic E-state index is 5.55. The summed E-state index contributed by atoms with van der Waals surface area (Å²) in [6, 6.07) is 10.4. The Morgan fingerprint density at radius 1 is 1.21 bits per heavy atom. The van der Waals surface area contributed by atoms with E-state index in [9.17, 15) is 0 Å². The van der Waals surface area contributed by atoms with Crippen molar-refractivity contribution in [3.63, 3.8) is 0 Å². The van der Waals surface area contributed by atoms with Gasteiger partial charge < -0.3 is 15.4 Å². The standard InChI is InChI=1S/C21H31N5OS.HI/c1-3-22-20(24-17-21(28-2)9-13-27-14-10-21)23-15-18-7-4-5-8-19(18)16-26-12-6-11-25-26;/h4-8,11-12H,3,9-10,13-17H2,1-2H3,(H2,22,23,24);1H. The van der Waals surface area contributed by atoms with Gasteiger partial charge in [-0.3, -0.25) is 4.68 Å². The predicted octanol–water partition coefficient (Wildman–Crippen LogP) is 3.52. The SMILES string of the molecule is CCNC(=NCc1ccccc1Cn1cccn1)NCC1(SC)CCOCC1.I. The van der Waals surface area contributed by atoms with Gasteiger partial charge in [-0.05, 0) is 43.2 Å². The maximum atomic E-state index is 5.55. The van der Waals surface area contributed by atoms with Crippen LogP contribution in [0.1, 0.15) is 30.9 Å². The third-order valence-electron chi connectivity index (χ3n) is 5.18. The third kappa shape index (κ3) is 7.18. The van der Waals surface area contributed by atoms with E-state index in [2.05, 4.69) is 53.2 Å². The zero-order valence-electron chi connectivity index (χ0n) is 17.3. The summed E-state index contributed by atoms with van der Waals surface area (Å²) < 4.78 is 7.72. The summed E-state index contributed by atoms with van der Waals surface area (Å²) >= 11 is 1.94. The molecular formula is C21H32IN5OS. The molecule has 2 N–H and O–H groups in total. The van der Waals surface area contributed by atoms with Crippen molar-refractivity contribution >= 4 is 41.7 Å². The Labute approximate surface area is 195 Å². The molecule has 0 amide bonds. The van der Waals surface area contributed by atoms with Gasteiger partial charge in [0.2, 0.25) is 0 Å². The van der Waals surface area contributed by atoms with Crippen LogP contribution in [-0.2, 0) is 17.8 Å². The van der Waals surface area contributed by atoms with Gasteiger partial charge in [0.25, 0.3) is 0 Å². The molecule has 1 saturated heterocycles. The van der Waals surface area contributed by atoms with E-state index >= 15 is 0 Å². The second kappa shape index (κ2) is 12.4. The zero-order valence-corrected chi connectivity index (χ0v) is 20.4. The number of aliphatic imine (C=N–C) groups is 1. The smallest absolute Gasteiger partial charge is 0.191 e. The highest BCUT2D eigenvalue weighted by Crippen LogP contribution is 2.32. The van der Waals surface area contributed by atoms with Gasteiger partial charge in [0.05, 0.1) is 13.1 Å². The number of aromatic nitrogens is 2. The largest absolute Gasteiger partial charge is 0.381 e. The van der Waals surface area contributed by atoms with Crippen molar-refractivity contribution in [1.82, 2.24) is 20.4 Å². The average Bonchev–Trinajstić information content (AvgIpc) is 3.25. The minimum Gasteiger partial charge on any atom is -0.381 e. The molecule has 0 unspecified atom stereocenters. The first-order valence-corrected chi connectivity index (χ1v) is 11.2. The van der Waals surface area contributed by atoms with Crippen molar-refractivity contribution < 1.29 is 4.74 Å². The number of rotatable bonds is 8. The second-order valence-corrected chi connectivity index (χ2v) is 8.29. The molecule has 0 aliphatic carbocycles. The molecule has 1 aromatic carbocycles. The molecule has 1 aromatic heterocycles. The summed E-state index contributed by atoms with van der Waals surface area (Å²) in [6.45, 7) is 6.94. The summed E-state index contributed by atoms with van der Waals surface area (Å²) in [5.41, 5.74) is 2.47. The average molecular weight is 529 g/mol. The van der Waals surface area contributed by atoms with Crippen LogP contribution in [-0.4, -0.2) is 53.0 Å². The lowest BCUT2D eigenvalue weighted by molar-refractivity contribution is 0.0783. The van der Waals surface area contributed by atoms with E-state index in [1.54, 1.807) is 0 Å². The number of guanidine groups is 1. The van der Waals surface area contributed by atoms with Crippen LogP contribution in [0.15, 0.2) is 47.7 Å². The van der Waals surface area contributed by atoms with Crippen LogP contribution in [0.5, 0.6) is 0 Å². The van der Waals surface area contributed by atoms with Crippen LogP contribution in [0.3, 0.4) is 0 Å². The molecular weight excluding hydrogens is 497 g/mol. The fourth-order valence-corrected chi connectivity index (χ4v) is 4.17. The normalized spacial score (nSPS) is 16.1. The first-order chi connectivity index (χ1) is 13.7. The molecule has 3 rings (SSSR count). The molecule has 2 aromatic rings. The number of hydrogen-bond acceptors (Lipinski definition) is 4. The minimum atomic E-state index is 0. The van der Waals surface area contributed by atoms with Gasteiger partial charge in [0.1, 0.15) is 0 Å². The fraction of sp³-hybridized carbons (Fsp3) is 0.524. The monoisotopic (exact) mass is 529 g/mol. The van der Waals surface area contributed by atoms with Crippen molar-refractivity contribution in [3.05, 3.63) is 53.9 Å². The van der Waals surface area contributed by atoms with Crippen molar-refractivity contribution in [1.29, 1.82) is 0 Å². The number of ether oxygens (including phenoxy) is 1. The number of thioether (sulfide) groups is 1. The molecule has 8 heteroatoms. The van der Waals surface area contributed by atoms with Crippen molar-refractivity contribution in [2.75, 3.05) is 32.6 Å². The third-order valence-corrected chi connectivity index (χ3v) is 6.60. The molecule has 0 radical (unpaired) electrons. The highest BCUT2D eigenvalue weighted by molar-refractivity contribution is 14.0. The quantitative estimate of drug-likeness (QED) is 0.312. The molecule has 0 atom stereocenters. The lowest BCUT2D eigenvalue weighted by Crippen LogP contribution is -2.47. The van der Waals surface area contributed by atoms with E-state index in [-0.39, 0.29) is 28.7 Å². The van der Waals surface area contributed by atoms with Crippen LogP contribution in [0.4, 0.5) is 0 Å². The van der Waals surface area contributed by atoms with Crippen molar-refractivity contribution in [3.8, 4) is 0 Å². The molecule has 0 saturated carbocycles. The van der Waals surface area contributed by atoms with Crippen LogP contribution >= 0.6 is 35.7 Å². The van der Waals surface area contributed by atoms with Gasteiger partial charge in [-0.15, -0.1) is 24.0 Å². The van der Waals surface area contributed by atoms with Crippen molar-refractivity contribution in [2.45, 2.75) is 37.6 Å². The van der Waals surface area contributed by atoms with Gasteiger partial charge in [-0.1, -0.05) is 24.3 Å². The first kappa shape index (κ1) is 24.0. The van der Waals surface area contributed by atoms with E-state index < -0.39 is 0 Å². The first-order valence-electron chi connectivity index (χ1n) is 9.94.